The van der Waals surface area contributed by atoms with Gasteiger partial charge in [0.05, 0.1) is 0 Å². The average Bonchev–Trinajstić information content (AvgIpc) is 3.50. The summed E-state index contributed by atoms with van der Waals surface area (Å²) in [7, 11) is 0. The van der Waals surface area contributed by atoms with Crippen LogP contribution in [0.3, 0.4) is 0 Å². The van der Waals surface area contributed by atoms with Crippen LogP contribution < -0.4 is 10.9 Å². The molecular weight excluding hydrogens is 422 g/mol. The highest BCUT2D eigenvalue weighted by Gasteiger charge is 2.21. The fourth-order valence-corrected chi connectivity index (χ4v) is 5.03. The van der Waals surface area contributed by atoms with E-state index in [1.807, 2.05) is 29.8 Å². The zero-order valence-electron chi connectivity index (χ0n) is 17.9. The maximum Gasteiger partial charge on any atom is 0.252 e. The summed E-state index contributed by atoms with van der Waals surface area (Å²) in [6, 6.07) is 10.2. The first-order valence-corrected chi connectivity index (χ1v) is 11.9. The molecule has 1 fully saturated rings. The molecule has 0 aliphatic heterocycles. The molecule has 2 N–H and O–H groups in total. The number of aromatic amines is 1. The molecule has 164 valence electrons. The molecule has 5 rings (SSSR count). The number of thioether (sulfide) groups is 1. The van der Waals surface area contributed by atoms with Crippen molar-refractivity contribution in [2.24, 2.45) is 0 Å². The van der Waals surface area contributed by atoms with E-state index < -0.39 is 0 Å². The summed E-state index contributed by atoms with van der Waals surface area (Å²) in [6.45, 7) is 1.94. The Bertz CT molecular complexity index is 1260. The number of fused-ring (bicyclic) bond motifs is 1. The normalized spacial score (nSPS) is 14.3. The summed E-state index contributed by atoms with van der Waals surface area (Å²) < 4.78 is 1.87. The highest BCUT2D eigenvalue weighted by molar-refractivity contribution is 7.99. The maximum absolute atomic E-state index is 12.8. The van der Waals surface area contributed by atoms with Gasteiger partial charge in [-0.15, -0.1) is 0 Å². The Hall–Kier alpha value is -3.20. The number of H-pyrrole nitrogens is 1. The minimum absolute atomic E-state index is 0.0269. The molecule has 3 aromatic heterocycles. The molecule has 0 bridgehead atoms. The van der Waals surface area contributed by atoms with Crippen molar-refractivity contribution in [3.8, 4) is 0 Å². The Kier molecular flexibility index (Phi) is 5.89. The van der Waals surface area contributed by atoms with Gasteiger partial charge in [0.1, 0.15) is 12.0 Å². The summed E-state index contributed by atoms with van der Waals surface area (Å²) in [6.07, 6.45) is 8.65. The van der Waals surface area contributed by atoms with Gasteiger partial charge >= 0.3 is 0 Å². The van der Waals surface area contributed by atoms with Gasteiger partial charge in [-0.25, -0.2) is 9.97 Å². The smallest absolute Gasteiger partial charge is 0.252 e. The summed E-state index contributed by atoms with van der Waals surface area (Å²) in [5, 5.41) is 11.8. The standard InChI is InChI=1S/C23H25N7OS/c1-15-12-20(31)30(18-4-2-3-5-18)21-19(15)13-24-22(28-21)27-17-8-6-16(7-9-17)10-11-32-23-25-14-26-29-23/h6-9,12-14,18H,2-5,10-11H2,1H3,(H,24,27,28)(H,25,26,29). The predicted octanol–water partition coefficient (Wildman–Crippen LogP) is 4.41. The number of hydrogen-bond donors (Lipinski definition) is 2. The van der Waals surface area contributed by atoms with E-state index in [-0.39, 0.29) is 11.6 Å². The van der Waals surface area contributed by atoms with Crippen LogP contribution in [0.5, 0.6) is 0 Å². The van der Waals surface area contributed by atoms with Crippen molar-refractivity contribution in [1.29, 1.82) is 0 Å². The lowest BCUT2D eigenvalue weighted by atomic mass is 10.1. The second-order valence-electron chi connectivity index (χ2n) is 8.12. The third kappa shape index (κ3) is 4.38. The number of nitrogens with one attached hydrogen (secondary N) is 2. The quantitative estimate of drug-likeness (QED) is 0.405. The molecule has 8 nitrogen and oxygen atoms in total. The van der Waals surface area contributed by atoms with E-state index >= 15 is 0 Å². The van der Waals surface area contributed by atoms with Gasteiger partial charge in [-0.3, -0.25) is 14.5 Å². The molecule has 0 amide bonds. The molecule has 3 heterocycles. The lowest BCUT2D eigenvalue weighted by Crippen LogP contribution is -2.24. The third-order valence-corrected chi connectivity index (χ3v) is 6.80. The second-order valence-corrected chi connectivity index (χ2v) is 9.20. The SMILES string of the molecule is Cc1cc(=O)n(C2CCCC2)c2nc(Nc3ccc(CCSc4ncn[nH]4)cc3)ncc12. The Labute approximate surface area is 189 Å². The molecule has 1 aliphatic carbocycles. The predicted molar refractivity (Wildman–Crippen MR) is 127 cm³/mol. The highest BCUT2D eigenvalue weighted by atomic mass is 32.2. The first-order valence-electron chi connectivity index (χ1n) is 10.9. The van der Waals surface area contributed by atoms with E-state index in [1.54, 1.807) is 17.8 Å². The third-order valence-electron chi connectivity index (χ3n) is 5.92. The van der Waals surface area contributed by atoms with E-state index in [9.17, 15) is 4.79 Å². The van der Waals surface area contributed by atoms with Crippen molar-refractivity contribution >= 4 is 34.4 Å². The molecule has 32 heavy (non-hydrogen) atoms. The van der Waals surface area contributed by atoms with Gasteiger partial charge in [-0.2, -0.15) is 10.1 Å². The van der Waals surface area contributed by atoms with Crippen molar-refractivity contribution in [3.63, 3.8) is 0 Å². The van der Waals surface area contributed by atoms with Crippen LogP contribution in [0.2, 0.25) is 0 Å². The van der Waals surface area contributed by atoms with Crippen LogP contribution in [-0.4, -0.2) is 35.5 Å². The van der Waals surface area contributed by atoms with Crippen LogP contribution in [0.25, 0.3) is 11.0 Å². The molecular formula is C23H25N7OS. The Morgan fingerprint density at radius 1 is 1.19 bits per heavy atom. The van der Waals surface area contributed by atoms with Crippen molar-refractivity contribution in [1.82, 2.24) is 29.7 Å². The summed E-state index contributed by atoms with van der Waals surface area (Å²) in [5.74, 6) is 1.43. The summed E-state index contributed by atoms with van der Waals surface area (Å²) in [5.41, 5.74) is 3.82. The van der Waals surface area contributed by atoms with Crippen molar-refractivity contribution in [2.75, 3.05) is 11.1 Å². The molecule has 1 saturated carbocycles. The number of aromatic nitrogens is 6. The van der Waals surface area contributed by atoms with Crippen LogP contribution in [0.15, 0.2) is 52.8 Å². The van der Waals surface area contributed by atoms with Gasteiger partial charge in [-0.1, -0.05) is 36.7 Å². The van der Waals surface area contributed by atoms with Crippen LogP contribution in [0, 0.1) is 6.92 Å². The lowest BCUT2D eigenvalue weighted by molar-refractivity contribution is 0.515. The molecule has 4 aromatic rings. The van der Waals surface area contributed by atoms with Crippen LogP contribution in [0.4, 0.5) is 11.6 Å². The van der Waals surface area contributed by atoms with Gasteiger partial charge in [0, 0.05) is 35.1 Å². The fraction of sp³-hybridized carbons (Fsp3) is 0.348. The number of rotatable bonds is 7. The van der Waals surface area contributed by atoms with E-state index in [0.717, 1.165) is 65.3 Å². The molecule has 0 atom stereocenters. The molecule has 1 aromatic carbocycles. The van der Waals surface area contributed by atoms with Gasteiger partial charge < -0.3 is 5.32 Å². The average molecular weight is 448 g/mol. The minimum Gasteiger partial charge on any atom is -0.324 e. The molecule has 0 spiro atoms. The molecule has 0 saturated heterocycles. The van der Waals surface area contributed by atoms with Crippen LogP contribution >= 0.6 is 11.8 Å². The van der Waals surface area contributed by atoms with Gasteiger partial charge in [0.25, 0.3) is 5.56 Å². The number of benzene rings is 1. The molecule has 0 unspecified atom stereocenters. The summed E-state index contributed by atoms with van der Waals surface area (Å²) in [4.78, 5) is 26.2. The Morgan fingerprint density at radius 2 is 2.00 bits per heavy atom. The minimum atomic E-state index is 0.0269. The fourth-order valence-electron chi connectivity index (χ4n) is 4.26. The van der Waals surface area contributed by atoms with Crippen molar-refractivity contribution in [2.45, 2.75) is 50.2 Å². The van der Waals surface area contributed by atoms with E-state index in [0.29, 0.717) is 5.95 Å². The van der Waals surface area contributed by atoms with Crippen LogP contribution in [0.1, 0.15) is 42.9 Å². The zero-order chi connectivity index (χ0) is 21.9. The van der Waals surface area contributed by atoms with Gasteiger partial charge in [-0.05, 0) is 49.4 Å². The number of pyridine rings is 1. The van der Waals surface area contributed by atoms with Crippen LogP contribution in [-0.2, 0) is 6.42 Å². The Morgan fingerprint density at radius 3 is 2.75 bits per heavy atom. The molecule has 1 aliphatic rings. The highest BCUT2D eigenvalue weighted by Crippen LogP contribution is 2.31. The first-order chi connectivity index (χ1) is 15.7. The number of anilines is 2. The topological polar surface area (TPSA) is 101 Å². The lowest BCUT2D eigenvalue weighted by Gasteiger charge is -2.17. The Balaban J connectivity index is 1.33. The first kappa shape index (κ1) is 20.7. The van der Waals surface area contributed by atoms with E-state index in [4.69, 9.17) is 4.98 Å². The number of aryl methyl sites for hydroxylation is 2. The van der Waals surface area contributed by atoms with Gasteiger partial charge in [0.15, 0.2) is 5.16 Å². The monoisotopic (exact) mass is 447 g/mol. The summed E-state index contributed by atoms with van der Waals surface area (Å²) >= 11 is 1.65. The van der Waals surface area contributed by atoms with E-state index in [1.165, 1.54) is 11.9 Å². The molecule has 0 radical (unpaired) electrons. The number of hydrogen-bond acceptors (Lipinski definition) is 7. The zero-order valence-corrected chi connectivity index (χ0v) is 18.7. The van der Waals surface area contributed by atoms with Crippen molar-refractivity contribution < 1.29 is 0 Å². The molecule has 9 heteroatoms. The maximum atomic E-state index is 12.8. The number of nitrogens with zero attached hydrogens (tertiary/aromatic N) is 5. The van der Waals surface area contributed by atoms with Crippen molar-refractivity contribution in [3.05, 3.63) is 64.3 Å². The largest absolute Gasteiger partial charge is 0.324 e. The second kappa shape index (κ2) is 9.12. The van der Waals surface area contributed by atoms with E-state index in [2.05, 4.69) is 37.6 Å². The van der Waals surface area contributed by atoms with Gasteiger partial charge in [0.2, 0.25) is 5.95 Å².